The summed E-state index contributed by atoms with van der Waals surface area (Å²) in [7, 11) is 1.26. The summed E-state index contributed by atoms with van der Waals surface area (Å²) < 4.78 is 17.4. The number of carbonyl (C=O) groups is 3. The van der Waals surface area contributed by atoms with Crippen molar-refractivity contribution in [1.82, 2.24) is 10.6 Å². The van der Waals surface area contributed by atoms with Gasteiger partial charge >= 0.3 is 5.97 Å². The van der Waals surface area contributed by atoms with Gasteiger partial charge in [0.25, 0.3) is 5.91 Å². The van der Waals surface area contributed by atoms with Crippen molar-refractivity contribution in [3.63, 3.8) is 0 Å². The van der Waals surface area contributed by atoms with Crippen molar-refractivity contribution in [2.24, 2.45) is 0 Å². The molecule has 6 nitrogen and oxygen atoms in total. The standard InChI is InChI=1S/C14H17FN2O4/c1-9(6-13(19)21-2)17-12(18)8-16-14(20)10-4-3-5-11(15)7-10/h3-5,7,9H,6,8H2,1-2H3,(H,16,20)(H,17,18). The first-order valence-corrected chi connectivity index (χ1v) is 6.32. The minimum Gasteiger partial charge on any atom is -0.469 e. The van der Waals surface area contributed by atoms with Gasteiger partial charge in [0.2, 0.25) is 5.91 Å². The van der Waals surface area contributed by atoms with Gasteiger partial charge in [0.05, 0.1) is 20.1 Å². The second-order valence-electron chi connectivity index (χ2n) is 4.44. The number of benzene rings is 1. The highest BCUT2D eigenvalue weighted by Gasteiger charge is 2.13. The van der Waals surface area contributed by atoms with Gasteiger partial charge in [0, 0.05) is 11.6 Å². The van der Waals surface area contributed by atoms with Crippen LogP contribution < -0.4 is 10.6 Å². The largest absolute Gasteiger partial charge is 0.469 e. The zero-order chi connectivity index (χ0) is 15.8. The SMILES string of the molecule is COC(=O)CC(C)NC(=O)CNC(=O)c1cccc(F)c1. The number of nitrogens with one attached hydrogen (secondary N) is 2. The fourth-order valence-corrected chi connectivity index (χ4v) is 1.60. The van der Waals surface area contributed by atoms with Gasteiger partial charge in [-0.25, -0.2) is 4.39 Å². The van der Waals surface area contributed by atoms with E-state index < -0.39 is 29.6 Å². The summed E-state index contributed by atoms with van der Waals surface area (Å²) in [6.07, 6.45) is 0.0417. The molecule has 1 rings (SSSR count). The number of ether oxygens (including phenoxy) is 1. The number of halogens is 1. The topological polar surface area (TPSA) is 84.5 Å². The van der Waals surface area contributed by atoms with Crippen LogP contribution in [0, 0.1) is 5.82 Å². The number of amides is 2. The molecule has 7 heteroatoms. The Morgan fingerprint density at radius 3 is 2.67 bits per heavy atom. The lowest BCUT2D eigenvalue weighted by molar-refractivity contribution is -0.141. The van der Waals surface area contributed by atoms with Crippen molar-refractivity contribution in [2.45, 2.75) is 19.4 Å². The Hall–Kier alpha value is -2.44. The van der Waals surface area contributed by atoms with Gasteiger partial charge < -0.3 is 15.4 Å². The van der Waals surface area contributed by atoms with E-state index in [9.17, 15) is 18.8 Å². The van der Waals surface area contributed by atoms with Crippen LogP contribution in [0.25, 0.3) is 0 Å². The zero-order valence-electron chi connectivity index (χ0n) is 11.8. The van der Waals surface area contributed by atoms with E-state index in [0.29, 0.717) is 0 Å². The van der Waals surface area contributed by atoms with E-state index in [4.69, 9.17) is 0 Å². The Bertz CT molecular complexity index is 533. The van der Waals surface area contributed by atoms with Gasteiger partial charge in [-0.05, 0) is 25.1 Å². The van der Waals surface area contributed by atoms with Crippen LogP contribution in [0.3, 0.4) is 0 Å². The Kier molecular flexibility index (Phi) is 6.32. The lowest BCUT2D eigenvalue weighted by Crippen LogP contribution is -2.41. The molecule has 0 spiro atoms. The number of hydrogen-bond donors (Lipinski definition) is 2. The first-order chi connectivity index (χ1) is 9.92. The number of esters is 1. The van der Waals surface area contributed by atoms with E-state index >= 15 is 0 Å². The quantitative estimate of drug-likeness (QED) is 0.754. The molecule has 0 saturated heterocycles. The Morgan fingerprint density at radius 2 is 2.05 bits per heavy atom. The van der Waals surface area contributed by atoms with Crippen LogP contribution in [0.2, 0.25) is 0 Å². The first-order valence-electron chi connectivity index (χ1n) is 6.32. The molecule has 0 bridgehead atoms. The third kappa shape index (κ3) is 6.03. The van der Waals surface area contributed by atoms with Gasteiger partial charge in [-0.15, -0.1) is 0 Å². The molecule has 1 aromatic rings. The molecule has 1 unspecified atom stereocenters. The summed E-state index contributed by atoms with van der Waals surface area (Å²) in [6, 6.07) is 4.74. The molecule has 0 fully saturated rings. The molecular weight excluding hydrogens is 279 g/mol. The summed E-state index contributed by atoms with van der Waals surface area (Å²) in [4.78, 5) is 34.3. The molecule has 1 aromatic carbocycles. The Labute approximate surface area is 121 Å². The second kappa shape index (κ2) is 7.98. The van der Waals surface area contributed by atoms with Gasteiger partial charge in [-0.1, -0.05) is 6.07 Å². The van der Waals surface area contributed by atoms with Crippen LogP contribution in [0.15, 0.2) is 24.3 Å². The Balaban J connectivity index is 2.39. The number of rotatable bonds is 6. The summed E-state index contributed by atoms with van der Waals surface area (Å²) in [5.74, 6) is -1.97. The maximum Gasteiger partial charge on any atom is 0.307 e. The molecule has 0 aromatic heterocycles. The molecule has 0 aliphatic heterocycles. The van der Waals surface area contributed by atoms with Crippen LogP contribution in [0.1, 0.15) is 23.7 Å². The highest BCUT2D eigenvalue weighted by molar-refractivity contribution is 5.96. The van der Waals surface area contributed by atoms with E-state index in [1.165, 1.54) is 25.3 Å². The third-order valence-corrected chi connectivity index (χ3v) is 2.60. The molecule has 2 amide bonds. The van der Waals surface area contributed by atoms with E-state index in [1.807, 2.05) is 0 Å². The smallest absolute Gasteiger partial charge is 0.307 e. The lowest BCUT2D eigenvalue weighted by Gasteiger charge is -2.13. The molecule has 1 atom stereocenters. The number of carbonyl (C=O) groups excluding carboxylic acids is 3. The highest BCUT2D eigenvalue weighted by atomic mass is 19.1. The fourth-order valence-electron chi connectivity index (χ4n) is 1.60. The van der Waals surface area contributed by atoms with Crippen LogP contribution in [0.4, 0.5) is 4.39 Å². The summed E-state index contributed by atoms with van der Waals surface area (Å²) in [5.41, 5.74) is 0.130. The lowest BCUT2D eigenvalue weighted by atomic mass is 10.2. The van der Waals surface area contributed by atoms with Crippen molar-refractivity contribution in [3.8, 4) is 0 Å². The summed E-state index contributed by atoms with van der Waals surface area (Å²) in [5, 5.41) is 4.90. The monoisotopic (exact) mass is 296 g/mol. The van der Waals surface area contributed by atoms with Crippen molar-refractivity contribution in [3.05, 3.63) is 35.6 Å². The van der Waals surface area contributed by atoms with Crippen molar-refractivity contribution in [2.75, 3.05) is 13.7 Å². The van der Waals surface area contributed by atoms with Gasteiger partial charge in [0.1, 0.15) is 5.82 Å². The zero-order valence-corrected chi connectivity index (χ0v) is 11.8. The summed E-state index contributed by atoms with van der Waals surface area (Å²) >= 11 is 0. The van der Waals surface area contributed by atoms with Crippen LogP contribution in [0.5, 0.6) is 0 Å². The van der Waals surface area contributed by atoms with E-state index in [2.05, 4.69) is 15.4 Å². The van der Waals surface area contributed by atoms with Crippen LogP contribution >= 0.6 is 0 Å². The molecule has 0 aliphatic carbocycles. The van der Waals surface area contributed by atoms with E-state index in [-0.39, 0.29) is 18.5 Å². The van der Waals surface area contributed by atoms with Crippen LogP contribution in [-0.2, 0) is 14.3 Å². The summed E-state index contributed by atoms with van der Waals surface area (Å²) in [6.45, 7) is 1.38. The van der Waals surface area contributed by atoms with Gasteiger partial charge in [0.15, 0.2) is 0 Å². The maximum absolute atomic E-state index is 13.0. The van der Waals surface area contributed by atoms with Gasteiger partial charge in [-0.3, -0.25) is 14.4 Å². The van der Waals surface area contributed by atoms with Gasteiger partial charge in [-0.2, -0.15) is 0 Å². The average Bonchev–Trinajstić information content (AvgIpc) is 2.44. The minimum atomic E-state index is -0.551. The van der Waals surface area contributed by atoms with Crippen molar-refractivity contribution in [1.29, 1.82) is 0 Å². The third-order valence-electron chi connectivity index (χ3n) is 2.60. The normalized spacial score (nSPS) is 11.4. The second-order valence-corrected chi connectivity index (χ2v) is 4.44. The first kappa shape index (κ1) is 16.6. The minimum absolute atomic E-state index is 0.0417. The molecule has 0 aliphatic rings. The molecule has 114 valence electrons. The fraction of sp³-hybridized carbons (Fsp3) is 0.357. The molecular formula is C14H17FN2O4. The molecule has 0 heterocycles. The van der Waals surface area contributed by atoms with Crippen molar-refractivity contribution >= 4 is 17.8 Å². The predicted octanol–water partition coefficient (Wildman–Crippen LogP) is 0.623. The molecule has 2 N–H and O–H groups in total. The average molecular weight is 296 g/mol. The number of hydrogen-bond acceptors (Lipinski definition) is 4. The Morgan fingerprint density at radius 1 is 1.33 bits per heavy atom. The van der Waals surface area contributed by atoms with Crippen molar-refractivity contribution < 1.29 is 23.5 Å². The molecule has 21 heavy (non-hydrogen) atoms. The molecule has 0 saturated carbocycles. The van der Waals surface area contributed by atoms with E-state index in [1.54, 1.807) is 6.92 Å². The highest BCUT2D eigenvalue weighted by Crippen LogP contribution is 2.02. The van der Waals surface area contributed by atoms with E-state index in [0.717, 1.165) is 6.07 Å². The number of methoxy groups -OCH3 is 1. The molecule has 0 radical (unpaired) electrons. The van der Waals surface area contributed by atoms with Crippen LogP contribution in [-0.4, -0.2) is 37.5 Å². The predicted molar refractivity (Wildman–Crippen MR) is 73.0 cm³/mol. The maximum atomic E-state index is 13.0.